The van der Waals surface area contributed by atoms with Gasteiger partial charge in [-0.25, -0.2) is 9.48 Å². The Bertz CT molecular complexity index is 1880. The van der Waals surface area contributed by atoms with Gasteiger partial charge < -0.3 is 30.1 Å². The third kappa shape index (κ3) is 5.59. The van der Waals surface area contributed by atoms with E-state index in [0.717, 1.165) is 42.9 Å². The van der Waals surface area contributed by atoms with Gasteiger partial charge >= 0.3 is 5.97 Å². The van der Waals surface area contributed by atoms with E-state index in [-0.39, 0.29) is 23.4 Å². The second-order valence-electron chi connectivity index (χ2n) is 14.0. The summed E-state index contributed by atoms with van der Waals surface area (Å²) in [7, 11) is 7.03. The monoisotopic (exact) mass is 665 g/mol. The highest BCUT2D eigenvalue weighted by Gasteiger charge is 2.62. The number of hydrogen-bond acceptors (Lipinski definition) is 7. The molecule has 1 aromatic heterocycles. The molecule has 3 aromatic carbocycles. The predicted octanol–water partition coefficient (Wildman–Crippen LogP) is 5.01. The molecule has 4 fully saturated rings. The van der Waals surface area contributed by atoms with Crippen molar-refractivity contribution in [2.75, 3.05) is 41.4 Å². The SMILES string of the molecule is COc1cccc(OC)c1-c1cc(C(=O)NC2(C(=O)O)C3CC4CC(C3)CC2C4)nn1-c1ccc(C(=O)NCCN(C)C)c2ccccc12. The third-order valence-corrected chi connectivity index (χ3v) is 10.9. The van der Waals surface area contributed by atoms with Gasteiger partial charge in [0.25, 0.3) is 11.8 Å². The van der Waals surface area contributed by atoms with Crippen LogP contribution < -0.4 is 20.1 Å². The first kappa shape index (κ1) is 32.6. The average molecular weight is 666 g/mol. The standard InChI is InChI=1S/C38H43N5O6/c1-42(2)15-14-39-35(44)28-12-13-30(27-9-6-5-8-26(27)28)43-31(34-32(48-3)10-7-11-33(34)49-4)21-29(41-43)36(45)40-38(37(46)47)24-17-22-16-23(19-24)20-25(38)18-22/h5-13,21-25H,14-20H2,1-4H3,(H,39,44)(H,40,45)(H,46,47). The van der Waals surface area contributed by atoms with E-state index in [0.29, 0.717) is 58.9 Å². The molecule has 3 N–H and O–H groups in total. The highest BCUT2D eigenvalue weighted by atomic mass is 16.5. The van der Waals surface area contributed by atoms with Crippen LogP contribution in [0.3, 0.4) is 0 Å². The van der Waals surface area contributed by atoms with Crippen LogP contribution in [0.15, 0.2) is 60.7 Å². The van der Waals surface area contributed by atoms with Crippen molar-refractivity contribution in [3.63, 3.8) is 0 Å². The summed E-state index contributed by atoms with van der Waals surface area (Å²) < 4.78 is 13.2. The number of hydrogen-bond donors (Lipinski definition) is 3. The number of nitrogens with zero attached hydrogens (tertiary/aromatic N) is 3. The molecule has 4 bridgehead atoms. The molecule has 11 nitrogen and oxygen atoms in total. The number of carbonyl (C=O) groups is 3. The molecule has 0 radical (unpaired) electrons. The van der Waals surface area contributed by atoms with Gasteiger partial charge in [0.05, 0.1) is 31.2 Å². The highest BCUT2D eigenvalue weighted by Crippen LogP contribution is 2.58. The first-order chi connectivity index (χ1) is 23.6. The van der Waals surface area contributed by atoms with E-state index >= 15 is 0 Å². The number of likely N-dealkylation sites (N-methyl/N-ethyl adjacent to an activating group) is 1. The number of aromatic nitrogens is 2. The van der Waals surface area contributed by atoms with Crippen LogP contribution in [-0.2, 0) is 4.79 Å². The van der Waals surface area contributed by atoms with Crippen molar-refractivity contribution < 1.29 is 29.0 Å². The summed E-state index contributed by atoms with van der Waals surface area (Å²) in [6.45, 7) is 1.20. The summed E-state index contributed by atoms with van der Waals surface area (Å²) in [6, 6.07) is 18.3. The number of amides is 2. The number of rotatable bonds is 11. The van der Waals surface area contributed by atoms with Gasteiger partial charge in [0.15, 0.2) is 5.69 Å². The zero-order chi connectivity index (χ0) is 34.4. The zero-order valence-corrected chi connectivity index (χ0v) is 28.4. The minimum Gasteiger partial charge on any atom is -0.496 e. The fourth-order valence-electron chi connectivity index (χ4n) is 8.90. The zero-order valence-electron chi connectivity index (χ0n) is 28.4. The van der Waals surface area contributed by atoms with Crippen LogP contribution in [0.1, 0.15) is 53.0 Å². The Kier molecular flexibility index (Phi) is 8.56. The molecule has 0 atom stereocenters. The Morgan fingerprint density at radius 1 is 0.878 bits per heavy atom. The summed E-state index contributed by atoms with van der Waals surface area (Å²) in [6.07, 6.45) is 4.44. The second kappa shape index (κ2) is 12.9. The topological polar surface area (TPSA) is 135 Å². The van der Waals surface area contributed by atoms with E-state index in [1.807, 2.05) is 67.5 Å². The van der Waals surface area contributed by atoms with Crippen LogP contribution in [-0.4, -0.2) is 84.5 Å². The first-order valence-electron chi connectivity index (χ1n) is 17.0. The maximum absolute atomic E-state index is 14.3. The third-order valence-electron chi connectivity index (χ3n) is 10.9. The van der Waals surface area contributed by atoms with Gasteiger partial charge in [-0.3, -0.25) is 9.59 Å². The van der Waals surface area contributed by atoms with Crippen LogP contribution in [0, 0.1) is 23.7 Å². The van der Waals surface area contributed by atoms with E-state index in [4.69, 9.17) is 14.6 Å². The van der Waals surface area contributed by atoms with Crippen molar-refractivity contribution in [3.05, 3.63) is 71.9 Å². The van der Waals surface area contributed by atoms with Crippen molar-refractivity contribution in [2.24, 2.45) is 23.7 Å². The molecule has 1 heterocycles. The molecule has 4 saturated carbocycles. The number of aliphatic carboxylic acids is 1. The maximum atomic E-state index is 14.3. The van der Waals surface area contributed by atoms with E-state index in [1.165, 1.54) is 0 Å². The lowest BCUT2D eigenvalue weighted by molar-refractivity contribution is -0.163. The first-order valence-corrected chi connectivity index (χ1v) is 17.0. The summed E-state index contributed by atoms with van der Waals surface area (Å²) in [4.78, 5) is 42.7. The molecular formula is C38H43N5O6. The minimum absolute atomic E-state index is 0.0759. The maximum Gasteiger partial charge on any atom is 0.330 e. The number of methoxy groups -OCH3 is 2. The molecule has 4 aromatic rings. The van der Waals surface area contributed by atoms with Gasteiger partial charge in [0, 0.05) is 24.0 Å². The van der Waals surface area contributed by atoms with Gasteiger partial charge in [-0.15, -0.1) is 0 Å². The number of carboxylic acids is 1. The van der Waals surface area contributed by atoms with Crippen molar-refractivity contribution in [1.29, 1.82) is 0 Å². The van der Waals surface area contributed by atoms with Gasteiger partial charge in [0.1, 0.15) is 17.0 Å². The van der Waals surface area contributed by atoms with Crippen LogP contribution in [0.4, 0.5) is 0 Å². The van der Waals surface area contributed by atoms with E-state index in [2.05, 4.69) is 10.6 Å². The molecule has 2 amide bonds. The lowest BCUT2D eigenvalue weighted by Crippen LogP contribution is -2.70. The molecular weight excluding hydrogens is 622 g/mol. The molecule has 0 aliphatic heterocycles. The normalized spacial score (nSPS) is 23.9. The molecule has 11 heteroatoms. The van der Waals surface area contributed by atoms with Crippen molar-refractivity contribution in [1.82, 2.24) is 25.3 Å². The van der Waals surface area contributed by atoms with Crippen LogP contribution in [0.2, 0.25) is 0 Å². The molecule has 4 aliphatic rings. The largest absolute Gasteiger partial charge is 0.496 e. The van der Waals surface area contributed by atoms with Crippen LogP contribution >= 0.6 is 0 Å². The average Bonchev–Trinajstić information content (AvgIpc) is 3.53. The van der Waals surface area contributed by atoms with Gasteiger partial charge in [0.2, 0.25) is 0 Å². The minimum atomic E-state index is -1.33. The number of benzene rings is 3. The number of carbonyl (C=O) groups excluding carboxylic acids is 2. The smallest absolute Gasteiger partial charge is 0.330 e. The number of nitrogens with one attached hydrogen (secondary N) is 2. The van der Waals surface area contributed by atoms with Crippen LogP contribution in [0.5, 0.6) is 11.5 Å². The summed E-state index contributed by atoms with van der Waals surface area (Å²) >= 11 is 0. The number of fused-ring (bicyclic) bond motifs is 1. The van der Waals surface area contributed by atoms with Gasteiger partial charge in [-0.05, 0) is 106 Å². The molecule has 256 valence electrons. The Balaban J connectivity index is 1.35. The molecule has 0 unspecified atom stereocenters. The van der Waals surface area contributed by atoms with Gasteiger partial charge in [-0.2, -0.15) is 5.10 Å². The molecule has 0 spiro atoms. The van der Waals surface area contributed by atoms with Crippen molar-refractivity contribution in [2.45, 2.75) is 37.6 Å². The second-order valence-corrected chi connectivity index (χ2v) is 14.0. The fraction of sp³-hybridized carbons (Fsp3) is 0.421. The lowest BCUT2D eigenvalue weighted by Gasteiger charge is -2.59. The quantitative estimate of drug-likeness (QED) is 0.204. The van der Waals surface area contributed by atoms with Crippen molar-refractivity contribution >= 4 is 28.6 Å². The number of ether oxygens (including phenoxy) is 2. The summed E-state index contributed by atoms with van der Waals surface area (Å²) in [5.74, 6) is 0.169. The van der Waals surface area contributed by atoms with Gasteiger partial charge in [-0.1, -0.05) is 30.3 Å². The highest BCUT2D eigenvalue weighted by molar-refractivity contribution is 6.09. The Hall–Kier alpha value is -4.90. The Morgan fingerprint density at radius 3 is 2.10 bits per heavy atom. The van der Waals surface area contributed by atoms with E-state index in [9.17, 15) is 19.5 Å². The molecule has 0 saturated heterocycles. The molecule has 49 heavy (non-hydrogen) atoms. The summed E-state index contributed by atoms with van der Waals surface area (Å²) in [5.41, 5.74) is 0.991. The molecule has 4 aliphatic carbocycles. The van der Waals surface area contributed by atoms with E-state index < -0.39 is 17.4 Å². The fourth-order valence-corrected chi connectivity index (χ4v) is 8.90. The van der Waals surface area contributed by atoms with E-state index in [1.54, 1.807) is 31.0 Å². The summed E-state index contributed by atoms with van der Waals surface area (Å²) in [5, 5.41) is 23.1. The number of carboxylic acid groups (broad SMARTS) is 1. The predicted molar refractivity (Wildman–Crippen MR) is 185 cm³/mol. The van der Waals surface area contributed by atoms with Crippen molar-refractivity contribution in [3.8, 4) is 28.4 Å². The molecule has 8 rings (SSSR count). The Labute approximate surface area is 285 Å². The lowest BCUT2D eigenvalue weighted by atomic mass is 9.48. The van der Waals surface area contributed by atoms with Crippen LogP contribution in [0.25, 0.3) is 27.7 Å². The Morgan fingerprint density at radius 2 is 1.51 bits per heavy atom.